The lowest BCUT2D eigenvalue weighted by atomic mass is 10.1. The SMILES string of the molecule is Cc1cccc(-c2nnc(SCCS(C)(=O)=O)n2-c2ccccc2)c1. The van der Waals surface area contributed by atoms with E-state index in [1.54, 1.807) is 0 Å². The van der Waals surface area contributed by atoms with Gasteiger partial charge < -0.3 is 0 Å². The Bertz CT molecular complexity index is 967. The average molecular weight is 374 g/mol. The third-order valence-corrected chi connectivity index (χ3v) is 5.74. The largest absolute Gasteiger partial charge is 0.270 e. The fourth-order valence-electron chi connectivity index (χ4n) is 2.43. The summed E-state index contributed by atoms with van der Waals surface area (Å²) in [5.74, 6) is 1.30. The lowest BCUT2D eigenvalue weighted by molar-refractivity contribution is 0.603. The Morgan fingerprint density at radius 3 is 2.48 bits per heavy atom. The molecule has 0 aliphatic heterocycles. The van der Waals surface area contributed by atoms with Gasteiger partial charge >= 0.3 is 0 Å². The van der Waals surface area contributed by atoms with Gasteiger partial charge in [0.2, 0.25) is 0 Å². The van der Waals surface area contributed by atoms with Gasteiger partial charge in [-0.15, -0.1) is 10.2 Å². The lowest BCUT2D eigenvalue weighted by Gasteiger charge is -2.10. The van der Waals surface area contributed by atoms with E-state index in [9.17, 15) is 8.42 Å². The van der Waals surface area contributed by atoms with Gasteiger partial charge in [-0.1, -0.05) is 53.7 Å². The standard InChI is InChI=1S/C18H19N3O2S2/c1-14-7-6-8-15(13-14)17-19-20-18(24-11-12-25(2,22)23)21(17)16-9-4-3-5-10-16/h3-10,13H,11-12H2,1-2H3. The van der Waals surface area contributed by atoms with Crippen molar-refractivity contribution in [2.45, 2.75) is 12.1 Å². The first-order chi connectivity index (χ1) is 11.9. The molecule has 0 unspecified atom stereocenters. The highest BCUT2D eigenvalue weighted by Crippen LogP contribution is 2.28. The summed E-state index contributed by atoms with van der Waals surface area (Å²) in [5.41, 5.74) is 3.07. The van der Waals surface area contributed by atoms with E-state index in [0.29, 0.717) is 10.9 Å². The minimum Gasteiger partial charge on any atom is -0.270 e. The van der Waals surface area contributed by atoms with Gasteiger partial charge in [-0.05, 0) is 25.1 Å². The second-order valence-electron chi connectivity index (χ2n) is 5.82. The van der Waals surface area contributed by atoms with Crippen molar-refractivity contribution in [1.82, 2.24) is 14.8 Å². The zero-order valence-electron chi connectivity index (χ0n) is 14.1. The molecule has 130 valence electrons. The van der Waals surface area contributed by atoms with Gasteiger partial charge in [-0.3, -0.25) is 4.57 Å². The van der Waals surface area contributed by atoms with Crippen molar-refractivity contribution in [2.75, 3.05) is 17.8 Å². The van der Waals surface area contributed by atoms with Crippen LogP contribution in [0.3, 0.4) is 0 Å². The van der Waals surface area contributed by atoms with Crippen LogP contribution in [0.5, 0.6) is 0 Å². The number of sulfone groups is 1. The summed E-state index contributed by atoms with van der Waals surface area (Å²) < 4.78 is 24.7. The molecule has 0 spiro atoms. The monoisotopic (exact) mass is 373 g/mol. The molecule has 7 heteroatoms. The molecule has 0 bridgehead atoms. The maximum atomic E-state index is 11.4. The molecule has 0 aliphatic rings. The zero-order valence-corrected chi connectivity index (χ0v) is 15.7. The predicted molar refractivity (Wildman–Crippen MR) is 102 cm³/mol. The molecule has 0 amide bonds. The van der Waals surface area contributed by atoms with Crippen molar-refractivity contribution in [3.05, 3.63) is 60.2 Å². The summed E-state index contributed by atoms with van der Waals surface area (Å²) in [7, 11) is -3.00. The summed E-state index contributed by atoms with van der Waals surface area (Å²) in [5, 5.41) is 9.35. The number of para-hydroxylation sites is 1. The Morgan fingerprint density at radius 1 is 1.04 bits per heavy atom. The first-order valence-electron chi connectivity index (χ1n) is 7.82. The second kappa shape index (κ2) is 7.41. The summed E-state index contributed by atoms with van der Waals surface area (Å²) in [6.07, 6.45) is 1.24. The molecule has 3 rings (SSSR count). The van der Waals surface area contributed by atoms with Crippen molar-refractivity contribution in [1.29, 1.82) is 0 Å². The van der Waals surface area contributed by atoms with E-state index >= 15 is 0 Å². The summed E-state index contributed by atoms with van der Waals surface area (Å²) in [6.45, 7) is 2.04. The number of hydrogen-bond donors (Lipinski definition) is 0. The first kappa shape index (κ1) is 17.7. The Balaban J connectivity index is 2.02. The Kier molecular flexibility index (Phi) is 5.24. The molecule has 1 aromatic heterocycles. The molecule has 0 saturated heterocycles. The number of nitrogens with zero attached hydrogens (tertiary/aromatic N) is 3. The summed E-state index contributed by atoms with van der Waals surface area (Å²) in [6, 6.07) is 17.9. The van der Waals surface area contributed by atoms with Crippen molar-refractivity contribution in [3.8, 4) is 17.1 Å². The van der Waals surface area contributed by atoms with E-state index in [1.165, 1.54) is 18.0 Å². The molecule has 0 N–H and O–H groups in total. The molecule has 0 saturated carbocycles. The van der Waals surface area contributed by atoms with Crippen LogP contribution in [0, 0.1) is 6.92 Å². The van der Waals surface area contributed by atoms with E-state index in [2.05, 4.69) is 16.3 Å². The van der Waals surface area contributed by atoms with Crippen LogP contribution in [0.25, 0.3) is 17.1 Å². The van der Waals surface area contributed by atoms with Gasteiger partial charge in [0.1, 0.15) is 9.84 Å². The highest BCUT2D eigenvalue weighted by molar-refractivity contribution is 8.00. The van der Waals surface area contributed by atoms with Crippen LogP contribution in [-0.4, -0.2) is 40.9 Å². The molecule has 0 fully saturated rings. The van der Waals surface area contributed by atoms with Crippen molar-refractivity contribution < 1.29 is 8.42 Å². The summed E-state index contributed by atoms with van der Waals surface area (Å²) >= 11 is 1.40. The van der Waals surface area contributed by atoms with Crippen LogP contribution in [0.2, 0.25) is 0 Å². The molecule has 1 heterocycles. The van der Waals surface area contributed by atoms with Crippen LogP contribution in [0.1, 0.15) is 5.56 Å². The molecule has 25 heavy (non-hydrogen) atoms. The molecular formula is C18H19N3O2S2. The van der Waals surface area contributed by atoms with Gasteiger partial charge in [-0.25, -0.2) is 8.42 Å². The van der Waals surface area contributed by atoms with Crippen LogP contribution in [-0.2, 0) is 9.84 Å². The molecule has 5 nitrogen and oxygen atoms in total. The Morgan fingerprint density at radius 2 is 1.80 bits per heavy atom. The number of rotatable bonds is 6. The second-order valence-corrected chi connectivity index (χ2v) is 9.15. The van der Waals surface area contributed by atoms with E-state index in [4.69, 9.17) is 0 Å². The number of thioether (sulfide) groups is 1. The fraction of sp³-hybridized carbons (Fsp3) is 0.222. The zero-order chi connectivity index (χ0) is 17.9. The first-order valence-corrected chi connectivity index (χ1v) is 10.9. The molecule has 2 aromatic carbocycles. The van der Waals surface area contributed by atoms with Gasteiger partial charge in [0.25, 0.3) is 0 Å². The van der Waals surface area contributed by atoms with Crippen LogP contribution in [0.4, 0.5) is 0 Å². The van der Waals surface area contributed by atoms with E-state index in [1.807, 2.05) is 60.0 Å². The van der Waals surface area contributed by atoms with Crippen molar-refractivity contribution >= 4 is 21.6 Å². The van der Waals surface area contributed by atoms with E-state index in [0.717, 1.165) is 22.6 Å². The Labute approximate surface area is 152 Å². The summed E-state index contributed by atoms with van der Waals surface area (Å²) in [4.78, 5) is 0. The maximum absolute atomic E-state index is 11.4. The van der Waals surface area contributed by atoms with E-state index in [-0.39, 0.29) is 5.75 Å². The highest BCUT2D eigenvalue weighted by atomic mass is 32.2. The quantitative estimate of drug-likeness (QED) is 0.620. The molecular weight excluding hydrogens is 354 g/mol. The fourth-order valence-corrected chi connectivity index (χ4v) is 4.58. The number of benzene rings is 2. The topological polar surface area (TPSA) is 64.8 Å². The van der Waals surface area contributed by atoms with Gasteiger partial charge in [-0.2, -0.15) is 0 Å². The average Bonchev–Trinajstić information content (AvgIpc) is 2.98. The van der Waals surface area contributed by atoms with Crippen LogP contribution < -0.4 is 0 Å². The predicted octanol–water partition coefficient (Wildman–Crippen LogP) is 3.38. The minimum atomic E-state index is -3.00. The number of hydrogen-bond acceptors (Lipinski definition) is 5. The number of aromatic nitrogens is 3. The smallest absolute Gasteiger partial charge is 0.196 e. The van der Waals surface area contributed by atoms with Gasteiger partial charge in [0, 0.05) is 23.3 Å². The lowest BCUT2D eigenvalue weighted by Crippen LogP contribution is -2.06. The van der Waals surface area contributed by atoms with E-state index < -0.39 is 9.84 Å². The molecule has 0 atom stereocenters. The molecule has 3 aromatic rings. The van der Waals surface area contributed by atoms with Crippen molar-refractivity contribution in [3.63, 3.8) is 0 Å². The van der Waals surface area contributed by atoms with Gasteiger partial charge in [0.15, 0.2) is 11.0 Å². The Hall–Kier alpha value is -2.12. The van der Waals surface area contributed by atoms with Crippen molar-refractivity contribution in [2.24, 2.45) is 0 Å². The number of aryl methyl sites for hydroxylation is 1. The molecule has 0 aliphatic carbocycles. The normalized spacial score (nSPS) is 11.6. The highest BCUT2D eigenvalue weighted by Gasteiger charge is 2.16. The molecule has 0 radical (unpaired) electrons. The maximum Gasteiger partial charge on any atom is 0.196 e. The third-order valence-electron chi connectivity index (χ3n) is 3.61. The third kappa shape index (κ3) is 4.49. The van der Waals surface area contributed by atoms with Crippen LogP contribution >= 0.6 is 11.8 Å². The minimum absolute atomic E-state index is 0.110. The van der Waals surface area contributed by atoms with Gasteiger partial charge in [0.05, 0.1) is 5.75 Å². The van der Waals surface area contributed by atoms with Crippen LogP contribution in [0.15, 0.2) is 59.8 Å².